The van der Waals surface area contributed by atoms with Crippen LogP contribution in [0.3, 0.4) is 0 Å². The molecule has 0 saturated carbocycles. The monoisotopic (exact) mass is 308 g/mol. The lowest BCUT2D eigenvalue weighted by molar-refractivity contribution is -0.127. The molecule has 0 radical (unpaired) electrons. The lowest BCUT2D eigenvalue weighted by atomic mass is 9.95. The van der Waals surface area contributed by atoms with Crippen molar-refractivity contribution in [2.75, 3.05) is 13.1 Å². The highest BCUT2D eigenvalue weighted by Crippen LogP contribution is 2.20. The fourth-order valence-electron chi connectivity index (χ4n) is 2.71. The zero-order valence-electron chi connectivity index (χ0n) is 12.9. The van der Waals surface area contributed by atoms with Gasteiger partial charge in [-0.15, -0.1) is 0 Å². The Kier molecular flexibility index (Phi) is 6.07. The van der Waals surface area contributed by atoms with Gasteiger partial charge < -0.3 is 5.32 Å². The Balaban J connectivity index is 1.79. The second kappa shape index (κ2) is 7.81. The van der Waals surface area contributed by atoms with E-state index < -0.39 is 0 Å². The molecule has 1 saturated heterocycles. The molecule has 1 fully saturated rings. The molecule has 1 atom stereocenters. The molecule has 116 valence electrons. The maximum Gasteiger partial charge on any atom is 0.223 e. The molecular formula is C17H25ClN2O. The van der Waals surface area contributed by atoms with Gasteiger partial charge in [-0.2, -0.15) is 0 Å². The Morgan fingerprint density at radius 2 is 2.14 bits per heavy atom. The first-order chi connectivity index (χ1) is 10.1. The van der Waals surface area contributed by atoms with E-state index in [-0.39, 0.29) is 17.9 Å². The van der Waals surface area contributed by atoms with Crippen molar-refractivity contribution in [3.63, 3.8) is 0 Å². The summed E-state index contributed by atoms with van der Waals surface area (Å²) in [6.07, 6.45) is 2.88. The van der Waals surface area contributed by atoms with E-state index in [0.717, 1.165) is 43.9 Å². The maximum absolute atomic E-state index is 12.1. The van der Waals surface area contributed by atoms with Crippen LogP contribution in [0.2, 0.25) is 5.02 Å². The largest absolute Gasteiger partial charge is 0.353 e. The van der Waals surface area contributed by atoms with E-state index in [1.165, 1.54) is 5.56 Å². The summed E-state index contributed by atoms with van der Waals surface area (Å²) in [5, 5.41) is 3.88. The van der Waals surface area contributed by atoms with Crippen LogP contribution in [-0.2, 0) is 11.3 Å². The highest BCUT2D eigenvalue weighted by Gasteiger charge is 2.25. The van der Waals surface area contributed by atoms with Gasteiger partial charge in [0, 0.05) is 23.5 Å². The molecule has 3 nitrogen and oxygen atoms in total. The number of nitrogens with one attached hydrogen (secondary N) is 1. The predicted octanol–water partition coefficient (Wildman–Crippen LogP) is 3.47. The molecule has 0 aromatic heterocycles. The number of benzene rings is 1. The predicted molar refractivity (Wildman–Crippen MR) is 87.3 cm³/mol. The minimum absolute atomic E-state index is 0.176. The Bertz CT molecular complexity index is 470. The van der Waals surface area contributed by atoms with Gasteiger partial charge in [-0.3, -0.25) is 9.69 Å². The Morgan fingerprint density at radius 1 is 1.43 bits per heavy atom. The zero-order chi connectivity index (χ0) is 15.2. The van der Waals surface area contributed by atoms with E-state index in [1.807, 2.05) is 18.2 Å². The lowest BCUT2D eigenvalue weighted by Crippen LogP contribution is -2.42. The third kappa shape index (κ3) is 5.01. The van der Waals surface area contributed by atoms with Crippen molar-refractivity contribution < 1.29 is 4.79 Å². The number of amides is 1. The quantitative estimate of drug-likeness (QED) is 0.903. The van der Waals surface area contributed by atoms with Crippen LogP contribution in [0.4, 0.5) is 0 Å². The minimum atomic E-state index is 0.176. The number of nitrogens with zero attached hydrogens (tertiary/aromatic N) is 1. The summed E-state index contributed by atoms with van der Waals surface area (Å²) >= 11 is 6.02. The summed E-state index contributed by atoms with van der Waals surface area (Å²) in [5.41, 5.74) is 1.24. The molecule has 1 unspecified atom stereocenters. The van der Waals surface area contributed by atoms with Crippen molar-refractivity contribution in [1.29, 1.82) is 0 Å². The molecule has 1 amide bonds. The number of hydrogen-bond donors (Lipinski definition) is 1. The van der Waals surface area contributed by atoms with Crippen molar-refractivity contribution >= 4 is 17.5 Å². The van der Waals surface area contributed by atoms with Gasteiger partial charge in [0.1, 0.15) is 0 Å². The van der Waals surface area contributed by atoms with Gasteiger partial charge >= 0.3 is 0 Å². The second-order valence-electron chi connectivity index (χ2n) is 6.00. The fraction of sp³-hybridized carbons (Fsp3) is 0.588. The van der Waals surface area contributed by atoms with Crippen LogP contribution in [0.1, 0.15) is 38.7 Å². The van der Waals surface area contributed by atoms with E-state index in [1.54, 1.807) is 0 Å². The fourth-order valence-corrected chi connectivity index (χ4v) is 2.92. The van der Waals surface area contributed by atoms with Gasteiger partial charge in [0.05, 0.1) is 0 Å². The van der Waals surface area contributed by atoms with Gasteiger partial charge in [0.25, 0.3) is 0 Å². The van der Waals surface area contributed by atoms with E-state index in [2.05, 4.69) is 30.1 Å². The molecule has 2 rings (SSSR count). The van der Waals surface area contributed by atoms with Gasteiger partial charge in [-0.05, 0) is 57.0 Å². The van der Waals surface area contributed by atoms with Crippen molar-refractivity contribution in [3.05, 3.63) is 34.9 Å². The summed E-state index contributed by atoms with van der Waals surface area (Å²) in [6.45, 7) is 7.03. The second-order valence-corrected chi connectivity index (χ2v) is 6.43. The molecule has 4 heteroatoms. The SMILES string of the molecule is CCC(C)NC(=O)C1CCN(Cc2cccc(Cl)c2)CC1. The van der Waals surface area contributed by atoms with Gasteiger partial charge in [0.15, 0.2) is 0 Å². The Hall–Kier alpha value is -1.06. The zero-order valence-corrected chi connectivity index (χ0v) is 13.7. The smallest absolute Gasteiger partial charge is 0.223 e. The standard InChI is InChI=1S/C17H25ClN2O/c1-3-13(2)19-17(21)15-7-9-20(10-8-15)12-14-5-4-6-16(18)11-14/h4-6,11,13,15H,3,7-10,12H2,1-2H3,(H,19,21). The minimum Gasteiger partial charge on any atom is -0.353 e. The van der Waals surface area contributed by atoms with Crippen LogP contribution in [0.25, 0.3) is 0 Å². The molecule has 1 aromatic rings. The Morgan fingerprint density at radius 3 is 2.76 bits per heavy atom. The van der Waals surface area contributed by atoms with Crippen LogP contribution in [-0.4, -0.2) is 29.9 Å². The van der Waals surface area contributed by atoms with Gasteiger partial charge in [0.2, 0.25) is 5.91 Å². The van der Waals surface area contributed by atoms with Crippen LogP contribution in [0, 0.1) is 5.92 Å². The van der Waals surface area contributed by atoms with E-state index in [0.29, 0.717) is 0 Å². The van der Waals surface area contributed by atoms with Crippen molar-refractivity contribution in [2.24, 2.45) is 5.92 Å². The number of piperidine rings is 1. The molecule has 0 bridgehead atoms. The van der Waals surface area contributed by atoms with E-state index >= 15 is 0 Å². The Labute approximate surface area is 132 Å². The average molecular weight is 309 g/mol. The van der Waals surface area contributed by atoms with Gasteiger partial charge in [-0.25, -0.2) is 0 Å². The first-order valence-electron chi connectivity index (χ1n) is 7.85. The van der Waals surface area contributed by atoms with Crippen molar-refractivity contribution in [1.82, 2.24) is 10.2 Å². The summed E-state index contributed by atoms with van der Waals surface area (Å²) in [5.74, 6) is 0.404. The maximum atomic E-state index is 12.1. The molecule has 1 aliphatic heterocycles. The number of likely N-dealkylation sites (tertiary alicyclic amines) is 1. The summed E-state index contributed by atoms with van der Waals surface area (Å²) in [4.78, 5) is 14.5. The molecule has 1 aliphatic rings. The third-order valence-corrected chi connectivity index (χ3v) is 4.49. The first-order valence-corrected chi connectivity index (χ1v) is 8.23. The van der Waals surface area contributed by atoms with Crippen molar-refractivity contribution in [2.45, 2.75) is 45.7 Å². The van der Waals surface area contributed by atoms with Crippen LogP contribution in [0.5, 0.6) is 0 Å². The van der Waals surface area contributed by atoms with Crippen LogP contribution < -0.4 is 5.32 Å². The molecule has 1 N–H and O–H groups in total. The number of halogens is 1. The number of hydrogen-bond acceptors (Lipinski definition) is 2. The molecule has 1 heterocycles. The molecular weight excluding hydrogens is 284 g/mol. The molecule has 0 spiro atoms. The summed E-state index contributed by atoms with van der Waals surface area (Å²) < 4.78 is 0. The molecule has 0 aliphatic carbocycles. The first kappa shape index (κ1) is 16.3. The highest BCUT2D eigenvalue weighted by molar-refractivity contribution is 6.30. The van der Waals surface area contributed by atoms with Gasteiger partial charge in [-0.1, -0.05) is 30.7 Å². The van der Waals surface area contributed by atoms with Crippen LogP contribution in [0.15, 0.2) is 24.3 Å². The molecule has 21 heavy (non-hydrogen) atoms. The summed E-state index contributed by atoms with van der Waals surface area (Å²) in [7, 11) is 0. The molecule has 1 aromatic carbocycles. The van der Waals surface area contributed by atoms with Crippen LogP contribution >= 0.6 is 11.6 Å². The lowest BCUT2D eigenvalue weighted by Gasteiger charge is -2.31. The average Bonchev–Trinajstić information content (AvgIpc) is 2.47. The number of carbonyl (C=O) groups excluding carboxylic acids is 1. The van der Waals surface area contributed by atoms with E-state index in [4.69, 9.17) is 11.6 Å². The van der Waals surface area contributed by atoms with E-state index in [9.17, 15) is 4.79 Å². The summed E-state index contributed by atoms with van der Waals surface area (Å²) in [6, 6.07) is 8.29. The highest BCUT2D eigenvalue weighted by atomic mass is 35.5. The normalized spacial score (nSPS) is 18.4. The third-order valence-electron chi connectivity index (χ3n) is 4.25. The topological polar surface area (TPSA) is 32.3 Å². The number of carbonyl (C=O) groups is 1. The van der Waals surface area contributed by atoms with Crippen molar-refractivity contribution in [3.8, 4) is 0 Å². The number of rotatable bonds is 5.